The van der Waals surface area contributed by atoms with Gasteiger partial charge in [-0.2, -0.15) is 11.8 Å². The molecular formula is C13H19Cl2NS2. The first-order valence-electron chi connectivity index (χ1n) is 6.33. The minimum atomic E-state index is 0.284. The molecule has 102 valence electrons. The van der Waals surface area contributed by atoms with Gasteiger partial charge >= 0.3 is 0 Å². The van der Waals surface area contributed by atoms with E-state index in [4.69, 9.17) is 23.2 Å². The molecule has 2 rings (SSSR count). The highest BCUT2D eigenvalue weighted by Crippen LogP contribution is 2.36. The number of hydrogen-bond acceptors (Lipinski definition) is 3. The molecule has 3 unspecified atom stereocenters. The molecule has 0 radical (unpaired) electrons. The second-order valence-corrected chi connectivity index (χ2v) is 8.31. The maximum absolute atomic E-state index is 6.20. The zero-order valence-corrected chi connectivity index (χ0v) is 13.9. The topological polar surface area (TPSA) is 12.0 Å². The lowest BCUT2D eigenvalue weighted by Gasteiger charge is -2.31. The minimum Gasteiger partial charge on any atom is -0.307 e. The molecule has 1 fully saturated rings. The molecule has 0 aromatic carbocycles. The summed E-state index contributed by atoms with van der Waals surface area (Å²) in [6.07, 6.45) is 7.44. The molecule has 0 amide bonds. The van der Waals surface area contributed by atoms with Crippen LogP contribution in [0.3, 0.4) is 0 Å². The van der Waals surface area contributed by atoms with E-state index in [9.17, 15) is 0 Å². The van der Waals surface area contributed by atoms with E-state index in [0.29, 0.717) is 6.04 Å². The van der Waals surface area contributed by atoms with Gasteiger partial charge < -0.3 is 5.32 Å². The minimum absolute atomic E-state index is 0.284. The first kappa shape index (κ1) is 15.0. The first-order chi connectivity index (χ1) is 8.60. The second kappa shape index (κ2) is 6.85. The summed E-state index contributed by atoms with van der Waals surface area (Å²) in [6, 6.07) is 2.88. The van der Waals surface area contributed by atoms with E-state index in [2.05, 4.69) is 18.5 Å². The summed E-state index contributed by atoms with van der Waals surface area (Å²) in [6.45, 7) is 2.17. The molecule has 0 spiro atoms. The van der Waals surface area contributed by atoms with Crippen LogP contribution in [0.4, 0.5) is 0 Å². The van der Waals surface area contributed by atoms with Crippen molar-refractivity contribution in [2.45, 2.75) is 49.9 Å². The smallest absolute Gasteiger partial charge is 0.0991 e. The number of thiophene rings is 1. The van der Waals surface area contributed by atoms with Gasteiger partial charge in [-0.15, -0.1) is 11.3 Å². The summed E-state index contributed by atoms with van der Waals surface area (Å²) >= 11 is 15.7. The van der Waals surface area contributed by atoms with E-state index in [-0.39, 0.29) is 6.04 Å². The fraction of sp³-hybridized carbons (Fsp3) is 0.692. The van der Waals surface area contributed by atoms with Crippen LogP contribution in [-0.2, 0) is 0 Å². The molecule has 1 saturated carbocycles. The van der Waals surface area contributed by atoms with Crippen molar-refractivity contribution in [2.24, 2.45) is 0 Å². The van der Waals surface area contributed by atoms with Crippen molar-refractivity contribution in [3.8, 4) is 0 Å². The average molecular weight is 324 g/mol. The van der Waals surface area contributed by atoms with Gasteiger partial charge in [0, 0.05) is 17.3 Å². The van der Waals surface area contributed by atoms with Gasteiger partial charge in [-0.25, -0.2) is 0 Å². The standard InChI is InChI=1S/C13H19Cl2NS2/c1-8(11-7-12(14)18-13(11)15)16-9-4-3-5-10(6-9)17-2/h7-10,16H,3-6H2,1-2H3. The molecule has 1 nitrogen and oxygen atoms in total. The van der Waals surface area contributed by atoms with Crippen molar-refractivity contribution in [1.29, 1.82) is 0 Å². The van der Waals surface area contributed by atoms with Crippen LogP contribution in [0, 0.1) is 0 Å². The van der Waals surface area contributed by atoms with E-state index < -0.39 is 0 Å². The van der Waals surface area contributed by atoms with E-state index in [1.54, 1.807) is 0 Å². The predicted molar refractivity (Wildman–Crippen MR) is 85.4 cm³/mol. The summed E-state index contributed by atoms with van der Waals surface area (Å²) < 4.78 is 1.59. The Hall–Kier alpha value is 0.590. The average Bonchev–Trinajstić information content (AvgIpc) is 2.69. The van der Waals surface area contributed by atoms with Gasteiger partial charge in [-0.3, -0.25) is 0 Å². The third-order valence-corrected chi connectivity index (χ3v) is 6.21. The second-order valence-electron chi connectivity index (χ2n) is 4.89. The number of halogens is 2. The van der Waals surface area contributed by atoms with Crippen molar-refractivity contribution in [2.75, 3.05) is 6.26 Å². The van der Waals surface area contributed by atoms with E-state index in [0.717, 1.165) is 19.5 Å². The normalized spacial score (nSPS) is 26.2. The van der Waals surface area contributed by atoms with Crippen molar-refractivity contribution in [1.82, 2.24) is 5.32 Å². The van der Waals surface area contributed by atoms with Gasteiger partial charge in [0.1, 0.15) is 0 Å². The molecule has 1 aliphatic carbocycles. The van der Waals surface area contributed by atoms with Crippen LogP contribution in [0.2, 0.25) is 8.67 Å². The largest absolute Gasteiger partial charge is 0.307 e. The Morgan fingerprint density at radius 1 is 1.44 bits per heavy atom. The lowest BCUT2D eigenvalue weighted by molar-refractivity contribution is 0.353. The third-order valence-electron chi connectivity index (χ3n) is 3.59. The molecule has 0 aliphatic heterocycles. The quantitative estimate of drug-likeness (QED) is 0.798. The Morgan fingerprint density at radius 3 is 2.83 bits per heavy atom. The molecule has 3 atom stereocenters. The summed E-state index contributed by atoms with van der Waals surface area (Å²) in [5.74, 6) is 0. The lowest BCUT2D eigenvalue weighted by atomic mass is 9.94. The van der Waals surface area contributed by atoms with Crippen molar-refractivity contribution < 1.29 is 0 Å². The van der Waals surface area contributed by atoms with E-state index >= 15 is 0 Å². The van der Waals surface area contributed by atoms with Crippen LogP contribution in [0.15, 0.2) is 6.07 Å². The number of thioether (sulfide) groups is 1. The highest BCUT2D eigenvalue weighted by Gasteiger charge is 2.23. The predicted octanol–water partition coefficient (Wildman–Crippen LogP) is 5.38. The van der Waals surface area contributed by atoms with Crippen LogP contribution in [-0.4, -0.2) is 17.5 Å². The Morgan fingerprint density at radius 2 is 2.22 bits per heavy atom. The van der Waals surface area contributed by atoms with Gasteiger partial charge in [0.05, 0.1) is 8.67 Å². The van der Waals surface area contributed by atoms with Crippen molar-refractivity contribution >= 4 is 46.3 Å². The molecule has 5 heteroatoms. The molecule has 1 aromatic heterocycles. The highest BCUT2D eigenvalue weighted by molar-refractivity contribution is 7.99. The van der Waals surface area contributed by atoms with Crippen molar-refractivity contribution in [3.05, 3.63) is 20.3 Å². The number of rotatable bonds is 4. The number of hydrogen-bond donors (Lipinski definition) is 1. The zero-order valence-electron chi connectivity index (χ0n) is 10.7. The molecule has 18 heavy (non-hydrogen) atoms. The van der Waals surface area contributed by atoms with Crippen LogP contribution < -0.4 is 5.32 Å². The summed E-state index contributed by atoms with van der Waals surface area (Å²) in [4.78, 5) is 0. The summed E-state index contributed by atoms with van der Waals surface area (Å²) in [5, 5.41) is 4.51. The third kappa shape index (κ3) is 3.80. The summed E-state index contributed by atoms with van der Waals surface area (Å²) in [5.41, 5.74) is 1.14. The van der Waals surface area contributed by atoms with Crippen LogP contribution in [0.1, 0.15) is 44.2 Å². The van der Waals surface area contributed by atoms with Crippen LogP contribution >= 0.6 is 46.3 Å². The summed E-state index contributed by atoms with van der Waals surface area (Å²) in [7, 11) is 0. The van der Waals surface area contributed by atoms with Gasteiger partial charge in [-0.1, -0.05) is 29.6 Å². The molecule has 0 saturated heterocycles. The van der Waals surface area contributed by atoms with Gasteiger partial charge in [-0.05, 0) is 44.1 Å². The molecule has 0 bridgehead atoms. The fourth-order valence-electron chi connectivity index (χ4n) is 2.60. The van der Waals surface area contributed by atoms with Crippen molar-refractivity contribution in [3.63, 3.8) is 0 Å². The Labute approximate surface area is 128 Å². The SMILES string of the molecule is CSC1CCCC(NC(C)c2cc(Cl)sc2Cl)C1. The monoisotopic (exact) mass is 323 g/mol. The molecular weight excluding hydrogens is 305 g/mol. The molecule has 1 aromatic rings. The highest BCUT2D eigenvalue weighted by atomic mass is 35.5. The van der Waals surface area contributed by atoms with Gasteiger partial charge in [0.25, 0.3) is 0 Å². The Bertz CT molecular complexity index is 394. The molecule has 1 heterocycles. The van der Waals surface area contributed by atoms with E-state index in [1.165, 1.54) is 37.0 Å². The first-order valence-corrected chi connectivity index (χ1v) is 9.19. The maximum Gasteiger partial charge on any atom is 0.0991 e. The lowest BCUT2D eigenvalue weighted by Crippen LogP contribution is -2.36. The van der Waals surface area contributed by atoms with Crippen LogP contribution in [0.25, 0.3) is 0 Å². The van der Waals surface area contributed by atoms with Crippen LogP contribution in [0.5, 0.6) is 0 Å². The van der Waals surface area contributed by atoms with E-state index in [1.807, 2.05) is 17.8 Å². The Kier molecular flexibility index (Phi) is 5.70. The van der Waals surface area contributed by atoms with Gasteiger partial charge in [0.2, 0.25) is 0 Å². The maximum atomic E-state index is 6.20. The fourth-order valence-corrected chi connectivity index (χ4v) is 5.07. The Balaban J connectivity index is 1.94. The number of nitrogens with one attached hydrogen (secondary N) is 1. The molecule has 1 aliphatic rings. The molecule has 1 N–H and O–H groups in total. The van der Waals surface area contributed by atoms with Gasteiger partial charge in [0.15, 0.2) is 0 Å². The zero-order chi connectivity index (χ0) is 13.1.